The first-order valence-electron chi connectivity index (χ1n) is 4.46. The topological polar surface area (TPSA) is 43.8 Å². The van der Waals surface area contributed by atoms with Gasteiger partial charge in [-0.2, -0.15) is 0 Å². The van der Waals surface area contributed by atoms with Gasteiger partial charge in [0, 0.05) is 7.05 Å². The Morgan fingerprint density at radius 2 is 2.15 bits per heavy atom. The highest BCUT2D eigenvalue weighted by Gasteiger charge is 2.12. The van der Waals surface area contributed by atoms with E-state index in [1.165, 1.54) is 5.69 Å². The lowest BCUT2D eigenvalue weighted by Crippen LogP contribution is -2.08. The summed E-state index contributed by atoms with van der Waals surface area (Å²) in [7, 11) is 2.01. The molecular formula is C9H16BrN3. The van der Waals surface area contributed by atoms with Gasteiger partial charge in [-0.25, -0.2) is 4.98 Å². The van der Waals surface area contributed by atoms with E-state index in [0.29, 0.717) is 12.5 Å². The molecule has 13 heavy (non-hydrogen) atoms. The second-order valence-electron chi connectivity index (χ2n) is 3.63. The zero-order chi connectivity index (χ0) is 10.0. The molecule has 1 heterocycles. The average molecular weight is 246 g/mol. The predicted octanol–water partition coefficient (Wildman–Crippen LogP) is 1.84. The van der Waals surface area contributed by atoms with Crippen LogP contribution in [-0.2, 0) is 20.0 Å². The van der Waals surface area contributed by atoms with Crippen LogP contribution in [0, 0.1) is 5.92 Å². The van der Waals surface area contributed by atoms with Crippen LogP contribution >= 0.6 is 15.9 Å². The number of hydrogen-bond donors (Lipinski definition) is 1. The van der Waals surface area contributed by atoms with E-state index < -0.39 is 0 Å². The number of rotatable bonds is 3. The molecule has 4 heteroatoms. The van der Waals surface area contributed by atoms with Gasteiger partial charge in [-0.15, -0.1) is 0 Å². The Labute approximate surface area is 87.5 Å². The number of aromatic nitrogens is 2. The summed E-state index contributed by atoms with van der Waals surface area (Å²) in [6, 6.07) is 0. The number of hydrogen-bond acceptors (Lipinski definition) is 2. The van der Waals surface area contributed by atoms with Crippen molar-refractivity contribution in [3.8, 4) is 0 Å². The average Bonchev–Trinajstić information content (AvgIpc) is 2.31. The van der Waals surface area contributed by atoms with Crippen LogP contribution < -0.4 is 5.73 Å². The SMILES string of the molecule is CC(C)Cc1c(Br)nc(CN)n1C. The van der Waals surface area contributed by atoms with E-state index in [-0.39, 0.29) is 0 Å². The second-order valence-corrected chi connectivity index (χ2v) is 4.38. The smallest absolute Gasteiger partial charge is 0.127 e. The standard InChI is InChI=1S/C9H16BrN3/c1-6(2)4-7-9(10)12-8(5-11)13(7)3/h6H,4-5,11H2,1-3H3. The molecule has 0 spiro atoms. The van der Waals surface area contributed by atoms with E-state index in [0.717, 1.165) is 16.8 Å². The summed E-state index contributed by atoms with van der Waals surface area (Å²) in [6.45, 7) is 4.89. The molecule has 0 amide bonds. The maximum absolute atomic E-state index is 5.56. The third-order valence-corrected chi connectivity index (χ3v) is 2.68. The lowest BCUT2D eigenvalue weighted by Gasteiger charge is -2.07. The van der Waals surface area contributed by atoms with E-state index in [9.17, 15) is 0 Å². The fourth-order valence-electron chi connectivity index (χ4n) is 1.34. The Hall–Kier alpha value is -0.350. The summed E-state index contributed by atoms with van der Waals surface area (Å²) in [5, 5.41) is 0. The van der Waals surface area contributed by atoms with Crippen LogP contribution in [0.5, 0.6) is 0 Å². The summed E-state index contributed by atoms with van der Waals surface area (Å²) in [6.07, 6.45) is 1.03. The fraction of sp³-hybridized carbons (Fsp3) is 0.667. The van der Waals surface area contributed by atoms with E-state index in [4.69, 9.17) is 5.73 Å². The highest BCUT2D eigenvalue weighted by molar-refractivity contribution is 9.10. The second kappa shape index (κ2) is 4.24. The van der Waals surface area contributed by atoms with Gasteiger partial charge in [-0.05, 0) is 28.3 Å². The van der Waals surface area contributed by atoms with Crippen LogP contribution in [0.3, 0.4) is 0 Å². The zero-order valence-corrected chi connectivity index (χ0v) is 9.93. The maximum Gasteiger partial charge on any atom is 0.127 e. The Bertz CT molecular complexity index is 291. The molecule has 0 fully saturated rings. The van der Waals surface area contributed by atoms with Gasteiger partial charge in [0.25, 0.3) is 0 Å². The van der Waals surface area contributed by atoms with Gasteiger partial charge in [-0.1, -0.05) is 13.8 Å². The minimum Gasteiger partial charge on any atom is -0.333 e. The van der Waals surface area contributed by atoms with Crippen molar-refractivity contribution in [2.24, 2.45) is 18.7 Å². The minimum atomic E-state index is 0.493. The van der Waals surface area contributed by atoms with E-state index in [2.05, 4.69) is 39.3 Å². The Kier molecular flexibility index (Phi) is 3.50. The molecule has 0 aliphatic carbocycles. The van der Waals surface area contributed by atoms with Crippen molar-refractivity contribution in [2.75, 3.05) is 0 Å². The van der Waals surface area contributed by atoms with Gasteiger partial charge in [0.05, 0.1) is 12.2 Å². The monoisotopic (exact) mass is 245 g/mol. The summed E-state index contributed by atoms with van der Waals surface area (Å²) in [5.41, 5.74) is 6.79. The zero-order valence-electron chi connectivity index (χ0n) is 8.34. The van der Waals surface area contributed by atoms with E-state index >= 15 is 0 Å². The van der Waals surface area contributed by atoms with Gasteiger partial charge in [0.15, 0.2) is 0 Å². The lowest BCUT2D eigenvalue weighted by molar-refractivity contribution is 0.608. The minimum absolute atomic E-state index is 0.493. The third kappa shape index (κ3) is 2.31. The Morgan fingerprint density at radius 3 is 2.54 bits per heavy atom. The lowest BCUT2D eigenvalue weighted by atomic mass is 10.1. The van der Waals surface area contributed by atoms with Gasteiger partial charge >= 0.3 is 0 Å². The van der Waals surface area contributed by atoms with Crippen molar-refractivity contribution in [3.63, 3.8) is 0 Å². The summed E-state index contributed by atoms with van der Waals surface area (Å²) >= 11 is 3.45. The molecule has 1 aromatic rings. The largest absolute Gasteiger partial charge is 0.333 e. The molecule has 0 aromatic carbocycles. The highest BCUT2D eigenvalue weighted by atomic mass is 79.9. The number of nitrogens with zero attached hydrogens (tertiary/aromatic N) is 2. The van der Waals surface area contributed by atoms with Crippen molar-refractivity contribution >= 4 is 15.9 Å². The normalized spacial score (nSPS) is 11.2. The molecule has 0 aliphatic rings. The van der Waals surface area contributed by atoms with E-state index in [1.807, 2.05) is 7.05 Å². The molecule has 0 bridgehead atoms. The van der Waals surface area contributed by atoms with Crippen molar-refractivity contribution in [1.82, 2.24) is 9.55 Å². The summed E-state index contributed by atoms with van der Waals surface area (Å²) in [4.78, 5) is 4.34. The van der Waals surface area contributed by atoms with Crippen LogP contribution in [0.4, 0.5) is 0 Å². The summed E-state index contributed by atoms with van der Waals surface area (Å²) < 4.78 is 3.01. The number of nitrogens with two attached hydrogens (primary N) is 1. The molecule has 0 unspecified atom stereocenters. The van der Waals surface area contributed by atoms with Crippen LogP contribution in [0.15, 0.2) is 4.60 Å². The molecule has 74 valence electrons. The molecule has 1 aromatic heterocycles. The molecule has 0 saturated carbocycles. The fourth-order valence-corrected chi connectivity index (χ4v) is 1.97. The van der Waals surface area contributed by atoms with Crippen LogP contribution in [-0.4, -0.2) is 9.55 Å². The van der Waals surface area contributed by atoms with Crippen LogP contribution in [0.1, 0.15) is 25.4 Å². The Balaban J connectivity index is 2.98. The molecule has 3 nitrogen and oxygen atoms in total. The molecule has 2 N–H and O–H groups in total. The van der Waals surface area contributed by atoms with Gasteiger partial charge in [-0.3, -0.25) is 0 Å². The first-order chi connectivity index (χ1) is 6.06. The maximum atomic E-state index is 5.56. The van der Waals surface area contributed by atoms with Crippen molar-refractivity contribution < 1.29 is 0 Å². The molecular weight excluding hydrogens is 230 g/mol. The number of imidazole rings is 1. The van der Waals surface area contributed by atoms with Crippen LogP contribution in [0.25, 0.3) is 0 Å². The van der Waals surface area contributed by atoms with Gasteiger partial charge < -0.3 is 10.3 Å². The van der Waals surface area contributed by atoms with Gasteiger partial charge in [0.2, 0.25) is 0 Å². The molecule has 0 saturated heterocycles. The first kappa shape index (κ1) is 10.7. The van der Waals surface area contributed by atoms with Gasteiger partial charge in [0.1, 0.15) is 10.4 Å². The van der Waals surface area contributed by atoms with Crippen molar-refractivity contribution in [3.05, 3.63) is 16.1 Å². The molecule has 1 rings (SSSR count). The summed E-state index contributed by atoms with van der Waals surface area (Å²) in [5.74, 6) is 1.57. The van der Waals surface area contributed by atoms with Crippen molar-refractivity contribution in [2.45, 2.75) is 26.8 Å². The molecule has 0 aliphatic heterocycles. The van der Waals surface area contributed by atoms with Crippen LogP contribution in [0.2, 0.25) is 0 Å². The Morgan fingerprint density at radius 1 is 1.54 bits per heavy atom. The third-order valence-electron chi connectivity index (χ3n) is 2.04. The number of halogens is 1. The molecule has 0 atom stereocenters. The van der Waals surface area contributed by atoms with Crippen molar-refractivity contribution in [1.29, 1.82) is 0 Å². The highest BCUT2D eigenvalue weighted by Crippen LogP contribution is 2.19. The van der Waals surface area contributed by atoms with E-state index in [1.54, 1.807) is 0 Å². The predicted molar refractivity (Wildman–Crippen MR) is 57.3 cm³/mol. The molecule has 0 radical (unpaired) electrons. The quantitative estimate of drug-likeness (QED) is 0.884. The first-order valence-corrected chi connectivity index (χ1v) is 5.25.